The van der Waals surface area contributed by atoms with Gasteiger partial charge in [-0.2, -0.15) is 5.10 Å². The van der Waals surface area contributed by atoms with Crippen LogP contribution in [-0.4, -0.2) is 28.8 Å². The van der Waals surface area contributed by atoms with Gasteiger partial charge in [-0.05, 0) is 49.7 Å². The van der Waals surface area contributed by atoms with Gasteiger partial charge in [0.15, 0.2) is 11.6 Å². The Bertz CT molecular complexity index is 681. The Hall–Kier alpha value is -2.28. The molecule has 0 unspecified atom stereocenters. The summed E-state index contributed by atoms with van der Waals surface area (Å²) in [7, 11) is 0. The van der Waals surface area contributed by atoms with Crippen LogP contribution in [0.4, 0.5) is 8.78 Å². The maximum atomic E-state index is 13.2. The molecule has 2 heterocycles. The van der Waals surface area contributed by atoms with Crippen molar-refractivity contribution < 1.29 is 13.6 Å². The first-order valence-electron chi connectivity index (χ1n) is 7.55. The first-order valence-corrected chi connectivity index (χ1v) is 7.55. The summed E-state index contributed by atoms with van der Waals surface area (Å²) in [5, 5.41) is 10.3. The number of piperidine rings is 1. The number of rotatable bonds is 4. The molecule has 0 spiro atoms. The van der Waals surface area contributed by atoms with Crippen LogP contribution in [0.15, 0.2) is 36.7 Å². The van der Waals surface area contributed by atoms with E-state index in [1.54, 1.807) is 23.1 Å². The van der Waals surface area contributed by atoms with Crippen LogP contribution < -0.4 is 10.6 Å². The highest BCUT2D eigenvalue weighted by molar-refractivity contribution is 5.84. The van der Waals surface area contributed by atoms with Crippen LogP contribution in [0.25, 0.3) is 0 Å². The normalized spacial score (nSPS) is 17.0. The van der Waals surface area contributed by atoms with E-state index in [2.05, 4.69) is 15.7 Å². The third kappa shape index (κ3) is 3.10. The maximum Gasteiger partial charge on any atom is 0.248 e. The lowest BCUT2D eigenvalue weighted by Crippen LogP contribution is -2.54. The van der Waals surface area contributed by atoms with E-state index in [9.17, 15) is 13.6 Å². The molecule has 1 saturated heterocycles. The molecular formula is C16H18F2N4O. The minimum atomic E-state index is -0.916. The number of nitrogens with one attached hydrogen (secondary N) is 2. The second kappa shape index (κ2) is 6.45. The molecule has 3 rings (SSSR count). The number of hydrogen-bond acceptors (Lipinski definition) is 3. The third-order valence-corrected chi connectivity index (χ3v) is 4.23. The fraction of sp³-hybridized carbons (Fsp3) is 0.375. The first-order chi connectivity index (χ1) is 11.1. The molecule has 122 valence electrons. The van der Waals surface area contributed by atoms with Gasteiger partial charge in [0, 0.05) is 18.9 Å². The zero-order valence-corrected chi connectivity index (χ0v) is 12.6. The molecule has 23 heavy (non-hydrogen) atoms. The summed E-state index contributed by atoms with van der Waals surface area (Å²) in [5.41, 5.74) is -0.227. The predicted molar refractivity (Wildman–Crippen MR) is 80.5 cm³/mol. The highest BCUT2D eigenvalue weighted by Gasteiger charge is 2.41. The lowest BCUT2D eigenvalue weighted by atomic mass is 9.87. The number of carbonyl (C=O) groups excluding carboxylic acids is 1. The molecule has 1 amide bonds. The van der Waals surface area contributed by atoms with Crippen molar-refractivity contribution in [2.75, 3.05) is 13.1 Å². The number of benzene rings is 1. The quantitative estimate of drug-likeness (QED) is 0.899. The summed E-state index contributed by atoms with van der Waals surface area (Å²) in [4.78, 5) is 12.8. The first kappa shape index (κ1) is 15.6. The second-order valence-electron chi connectivity index (χ2n) is 5.66. The van der Waals surface area contributed by atoms with E-state index in [-0.39, 0.29) is 12.5 Å². The summed E-state index contributed by atoms with van der Waals surface area (Å²) in [5.74, 6) is -1.97. The molecule has 7 heteroatoms. The average Bonchev–Trinajstić information content (AvgIpc) is 3.11. The van der Waals surface area contributed by atoms with E-state index in [0.717, 1.165) is 25.2 Å². The van der Waals surface area contributed by atoms with Crippen LogP contribution in [0.3, 0.4) is 0 Å². The molecule has 0 saturated carbocycles. The van der Waals surface area contributed by atoms with Gasteiger partial charge >= 0.3 is 0 Å². The topological polar surface area (TPSA) is 59.0 Å². The summed E-state index contributed by atoms with van der Waals surface area (Å²) in [6, 6.07) is 5.40. The minimum absolute atomic E-state index is 0.145. The third-order valence-electron chi connectivity index (χ3n) is 4.23. The number of amides is 1. The molecule has 1 aromatic heterocycles. The Morgan fingerprint density at radius 1 is 1.30 bits per heavy atom. The van der Waals surface area contributed by atoms with Crippen LogP contribution in [0.1, 0.15) is 18.4 Å². The standard InChI is InChI=1S/C16H18F2N4O/c17-13-3-2-12(10-14(13)18)11-20-15(23)16(4-7-19-8-5-16)22-9-1-6-21-22/h1-3,6,9-10,19H,4-5,7-8,11H2,(H,20,23). The van der Waals surface area contributed by atoms with E-state index >= 15 is 0 Å². The molecule has 5 nitrogen and oxygen atoms in total. The summed E-state index contributed by atoms with van der Waals surface area (Å²) >= 11 is 0. The molecule has 1 aliphatic heterocycles. The van der Waals surface area contributed by atoms with Crippen molar-refractivity contribution in [1.29, 1.82) is 0 Å². The number of aromatic nitrogens is 2. The molecule has 1 aliphatic rings. The largest absolute Gasteiger partial charge is 0.350 e. The molecular weight excluding hydrogens is 302 g/mol. The molecule has 1 aromatic carbocycles. The van der Waals surface area contributed by atoms with Crippen molar-refractivity contribution in [2.24, 2.45) is 0 Å². The van der Waals surface area contributed by atoms with Crippen LogP contribution in [0.2, 0.25) is 0 Å². The van der Waals surface area contributed by atoms with Gasteiger partial charge in [0.1, 0.15) is 5.54 Å². The van der Waals surface area contributed by atoms with E-state index in [1.807, 2.05) is 0 Å². The van der Waals surface area contributed by atoms with Gasteiger partial charge in [0.2, 0.25) is 5.91 Å². The van der Waals surface area contributed by atoms with Gasteiger partial charge in [-0.25, -0.2) is 8.78 Å². The van der Waals surface area contributed by atoms with Crippen molar-refractivity contribution in [1.82, 2.24) is 20.4 Å². The zero-order chi connectivity index (χ0) is 16.3. The molecule has 0 aliphatic carbocycles. The van der Waals surface area contributed by atoms with Gasteiger partial charge in [-0.3, -0.25) is 9.48 Å². The summed E-state index contributed by atoms with van der Waals surface area (Å²) in [6.07, 6.45) is 4.67. The zero-order valence-electron chi connectivity index (χ0n) is 12.6. The fourth-order valence-corrected chi connectivity index (χ4v) is 2.92. The van der Waals surface area contributed by atoms with Crippen molar-refractivity contribution in [3.8, 4) is 0 Å². The predicted octanol–water partition coefficient (Wildman–Crippen LogP) is 1.56. The fourth-order valence-electron chi connectivity index (χ4n) is 2.92. The maximum absolute atomic E-state index is 13.2. The minimum Gasteiger partial charge on any atom is -0.350 e. The van der Waals surface area contributed by atoms with Gasteiger partial charge in [-0.1, -0.05) is 6.07 Å². The van der Waals surface area contributed by atoms with Crippen LogP contribution in [0.5, 0.6) is 0 Å². The van der Waals surface area contributed by atoms with E-state index in [0.29, 0.717) is 18.4 Å². The highest BCUT2D eigenvalue weighted by Crippen LogP contribution is 2.27. The van der Waals surface area contributed by atoms with E-state index in [4.69, 9.17) is 0 Å². The second-order valence-corrected chi connectivity index (χ2v) is 5.66. The number of carbonyl (C=O) groups is 1. The van der Waals surface area contributed by atoms with Gasteiger partial charge in [0.05, 0.1) is 0 Å². The Balaban J connectivity index is 1.75. The molecule has 0 radical (unpaired) electrons. The lowest BCUT2D eigenvalue weighted by molar-refractivity contribution is -0.132. The van der Waals surface area contributed by atoms with Crippen LogP contribution in [0, 0.1) is 11.6 Å². The molecule has 1 fully saturated rings. The molecule has 2 aromatic rings. The van der Waals surface area contributed by atoms with Gasteiger partial charge in [-0.15, -0.1) is 0 Å². The SMILES string of the molecule is O=C(NCc1ccc(F)c(F)c1)C1(n2cccn2)CCNCC1. The lowest BCUT2D eigenvalue weighted by Gasteiger charge is -2.36. The van der Waals surface area contributed by atoms with Gasteiger partial charge < -0.3 is 10.6 Å². The van der Waals surface area contributed by atoms with Crippen LogP contribution in [-0.2, 0) is 16.9 Å². The monoisotopic (exact) mass is 320 g/mol. The molecule has 0 bridgehead atoms. The van der Waals surface area contributed by atoms with Gasteiger partial charge in [0.25, 0.3) is 0 Å². The molecule has 0 atom stereocenters. The van der Waals surface area contributed by atoms with Crippen LogP contribution >= 0.6 is 0 Å². The Morgan fingerprint density at radius 3 is 2.74 bits per heavy atom. The van der Waals surface area contributed by atoms with E-state index in [1.165, 1.54) is 6.07 Å². The smallest absolute Gasteiger partial charge is 0.248 e. The van der Waals surface area contributed by atoms with Crippen molar-refractivity contribution in [3.05, 3.63) is 53.9 Å². The molecule has 2 N–H and O–H groups in total. The Morgan fingerprint density at radius 2 is 2.09 bits per heavy atom. The van der Waals surface area contributed by atoms with E-state index < -0.39 is 17.2 Å². The number of nitrogens with zero attached hydrogens (tertiary/aromatic N) is 2. The van der Waals surface area contributed by atoms with Crippen molar-refractivity contribution in [3.63, 3.8) is 0 Å². The highest BCUT2D eigenvalue weighted by atomic mass is 19.2. The average molecular weight is 320 g/mol. The Kier molecular flexibility index (Phi) is 4.38. The summed E-state index contributed by atoms with van der Waals surface area (Å²) in [6.45, 7) is 1.59. The Labute approximate surface area is 132 Å². The number of hydrogen-bond donors (Lipinski definition) is 2. The number of halogens is 2. The summed E-state index contributed by atoms with van der Waals surface area (Å²) < 4.78 is 27.9. The van der Waals surface area contributed by atoms with Crippen molar-refractivity contribution >= 4 is 5.91 Å². The van der Waals surface area contributed by atoms with Crippen molar-refractivity contribution in [2.45, 2.75) is 24.9 Å².